The van der Waals surface area contributed by atoms with Crippen molar-refractivity contribution in [1.29, 1.82) is 0 Å². The van der Waals surface area contributed by atoms with Crippen LogP contribution in [-0.4, -0.2) is 62.7 Å². The number of nitrogens with zero attached hydrogens (tertiary/aromatic N) is 2. The van der Waals surface area contributed by atoms with E-state index in [0.717, 1.165) is 53.3 Å². The molecule has 0 N–H and O–H groups in total. The molecule has 0 bridgehead atoms. The Morgan fingerprint density at radius 2 is 1.96 bits per heavy atom. The molecule has 0 aromatic heterocycles. The number of benzene rings is 2. The molecular formula is C22H23FN2O3. The van der Waals surface area contributed by atoms with Crippen LogP contribution in [0.25, 0.3) is 5.57 Å². The number of carbonyl (C=O) groups excluding carboxylic acids is 1. The molecule has 2 heterocycles. The number of amides is 1. The minimum absolute atomic E-state index is 0.101. The van der Waals surface area contributed by atoms with Crippen LogP contribution in [0, 0.1) is 5.82 Å². The summed E-state index contributed by atoms with van der Waals surface area (Å²) >= 11 is 0. The quantitative estimate of drug-likeness (QED) is 0.763. The van der Waals surface area contributed by atoms with Crippen LogP contribution in [-0.2, 0) is 4.79 Å². The highest BCUT2D eigenvalue weighted by Gasteiger charge is 2.33. The third-order valence-corrected chi connectivity index (χ3v) is 5.46. The van der Waals surface area contributed by atoms with E-state index in [1.54, 1.807) is 19.2 Å². The molecule has 5 nitrogen and oxygen atoms in total. The number of methoxy groups -OCH3 is 1. The molecule has 1 fully saturated rings. The Morgan fingerprint density at radius 1 is 1.18 bits per heavy atom. The summed E-state index contributed by atoms with van der Waals surface area (Å²) in [4.78, 5) is 15.8. The molecule has 1 unspecified atom stereocenters. The Morgan fingerprint density at radius 3 is 2.68 bits per heavy atom. The summed E-state index contributed by atoms with van der Waals surface area (Å²) in [7, 11) is 3.67. The highest BCUT2D eigenvalue weighted by Crippen LogP contribution is 2.41. The van der Waals surface area contributed by atoms with E-state index in [1.807, 2.05) is 30.1 Å². The van der Waals surface area contributed by atoms with Crippen molar-refractivity contribution < 1.29 is 18.7 Å². The van der Waals surface area contributed by atoms with E-state index in [1.165, 1.54) is 12.1 Å². The van der Waals surface area contributed by atoms with Crippen molar-refractivity contribution in [2.75, 3.05) is 40.4 Å². The van der Waals surface area contributed by atoms with Crippen LogP contribution in [0.2, 0.25) is 0 Å². The van der Waals surface area contributed by atoms with Crippen LogP contribution < -0.4 is 9.47 Å². The maximum atomic E-state index is 13.6. The molecule has 6 heteroatoms. The van der Waals surface area contributed by atoms with Gasteiger partial charge in [0.2, 0.25) is 6.41 Å². The number of likely N-dealkylation sites (N-methyl/N-ethyl adjacent to an activating group) is 1. The van der Waals surface area contributed by atoms with Crippen molar-refractivity contribution in [2.45, 2.75) is 6.04 Å². The predicted octanol–water partition coefficient (Wildman–Crippen LogP) is 2.80. The van der Waals surface area contributed by atoms with Gasteiger partial charge in [0.1, 0.15) is 23.9 Å². The fourth-order valence-corrected chi connectivity index (χ4v) is 3.95. The summed E-state index contributed by atoms with van der Waals surface area (Å²) in [5.41, 5.74) is 3.79. The van der Waals surface area contributed by atoms with E-state index in [0.29, 0.717) is 13.2 Å². The summed E-state index contributed by atoms with van der Waals surface area (Å²) < 4.78 is 25.0. The fraction of sp³-hybridized carbons (Fsp3) is 0.318. The van der Waals surface area contributed by atoms with E-state index in [-0.39, 0.29) is 11.9 Å². The largest absolute Gasteiger partial charge is 0.497 e. The van der Waals surface area contributed by atoms with Gasteiger partial charge in [-0.05, 0) is 54.1 Å². The van der Waals surface area contributed by atoms with Gasteiger partial charge >= 0.3 is 0 Å². The van der Waals surface area contributed by atoms with Gasteiger partial charge in [-0.3, -0.25) is 4.79 Å². The maximum absolute atomic E-state index is 13.6. The molecule has 28 heavy (non-hydrogen) atoms. The number of carbonyl (C=O) groups is 1. The Kier molecular flexibility index (Phi) is 5.05. The van der Waals surface area contributed by atoms with Gasteiger partial charge in [0, 0.05) is 25.2 Å². The second-order valence-corrected chi connectivity index (χ2v) is 7.18. The van der Waals surface area contributed by atoms with Crippen molar-refractivity contribution in [3.8, 4) is 11.5 Å². The number of fused-ring (bicyclic) bond motifs is 1. The monoisotopic (exact) mass is 382 g/mol. The SMILES string of the molecule is COc1ccc2c(c1)C(c1ccc(F)cc1)=C(C1CN(C)CCN1C=O)CO2. The Labute approximate surface area is 164 Å². The van der Waals surface area contributed by atoms with Gasteiger partial charge in [-0.15, -0.1) is 0 Å². The normalized spacial score (nSPS) is 19.8. The molecular weight excluding hydrogens is 359 g/mol. The lowest BCUT2D eigenvalue weighted by molar-refractivity contribution is -0.121. The molecule has 2 aromatic carbocycles. The van der Waals surface area contributed by atoms with Crippen LogP contribution in [0.15, 0.2) is 48.0 Å². The number of ether oxygens (including phenoxy) is 2. The molecule has 0 radical (unpaired) electrons. The Bertz CT molecular complexity index is 910. The third kappa shape index (κ3) is 3.36. The Hall–Kier alpha value is -2.86. The fourth-order valence-electron chi connectivity index (χ4n) is 3.95. The zero-order valence-electron chi connectivity index (χ0n) is 16.0. The number of hydrogen-bond acceptors (Lipinski definition) is 4. The van der Waals surface area contributed by atoms with E-state index in [9.17, 15) is 9.18 Å². The highest BCUT2D eigenvalue weighted by atomic mass is 19.1. The van der Waals surface area contributed by atoms with Crippen LogP contribution in [0.1, 0.15) is 11.1 Å². The second kappa shape index (κ2) is 7.64. The van der Waals surface area contributed by atoms with E-state index in [2.05, 4.69) is 4.90 Å². The smallest absolute Gasteiger partial charge is 0.210 e. The molecule has 0 saturated carbocycles. The number of halogens is 1. The second-order valence-electron chi connectivity index (χ2n) is 7.18. The lowest BCUT2D eigenvalue weighted by Gasteiger charge is -2.41. The summed E-state index contributed by atoms with van der Waals surface area (Å²) in [5, 5.41) is 0. The third-order valence-electron chi connectivity index (χ3n) is 5.46. The van der Waals surface area contributed by atoms with Crippen molar-refractivity contribution in [1.82, 2.24) is 9.80 Å². The Balaban J connectivity index is 1.91. The van der Waals surface area contributed by atoms with Gasteiger partial charge in [-0.1, -0.05) is 12.1 Å². The van der Waals surface area contributed by atoms with Gasteiger partial charge in [-0.25, -0.2) is 4.39 Å². The summed E-state index contributed by atoms with van der Waals surface area (Å²) in [5.74, 6) is 1.19. The zero-order chi connectivity index (χ0) is 19.7. The molecule has 1 atom stereocenters. The number of hydrogen-bond donors (Lipinski definition) is 0. The van der Waals surface area contributed by atoms with Crippen LogP contribution in [0.3, 0.4) is 0 Å². The summed E-state index contributed by atoms with van der Waals surface area (Å²) in [6.45, 7) is 2.60. The average molecular weight is 382 g/mol. The van der Waals surface area contributed by atoms with Crippen molar-refractivity contribution in [2.24, 2.45) is 0 Å². The van der Waals surface area contributed by atoms with Crippen molar-refractivity contribution in [3.63, 3.8) is 0 Å². The minimum atomic E-state index is -0.282. The first-order valence-electron chi connectivity index (χ1n) is 9.30. The van der Waals surface area contributed by atoms with Crippen LogP contribution in [0.4, 0.5) is 4.39 Å². The summed E-state index contributed by atoms with van der Waals surface area (Å²) in [6.07, 6.45) is 0.911. The minimum Gasteiger partial charge on any atom is -0.497 e. The first kappa shape index (κ1) is 18.5. The standard InChI is InChI=1S/C22H23FN2O3/c1-24-9-10-25(14-26)20(12-24)19-13-28-21-8-7-17(27-2)11-18(21)22(19)15-3-5-16(23)6-4-15/h3-8,11,14,20H,9-10,12-13H2,1-2H3. The van der Waals surface area contributed by atoms with Crippen molar-refractivity contribution >= 4 is 12.0 Å². The lowest BCUT2D eigenvalue weighted by atomic mass is 9.86. The zero-order valence-corrected chi connectivity index (χ0v) is 16.0. The van der Waals surface area contributed by atoms with E-state index >= 15 is 0 Å². The molecule has 0 spiro atoms. The van der Waals surface area contributed by atoms with Crippen molar-refractivity contribution in [3.05, 3.63) is 65.0 Å². The molecule has 4 rings (SSSR count). The maximum Gasteiger partial charge on any atom is 0.210 e. The van der Waals surface area contributed by atoms with Gasteiger partial charge in [-0.2, -0.15) is 0 Å². The molecule has 0 aliphatic carbocycles. The molecule has 2 aromatic rings. The molecule has 2 aliphatic heterocycles. The lowest BCUT2D eigenvalue weighted by Crippen LogP contribution is -2.53. The van der Waals surface area contributed by atoms with Crippen LogP contribution in [0.5, 0.6) is 11.5 Å². The first-order valence-corrected chi connectivity index (χ1v) is 9.30. The molecule has 1 amide bonds. The van der Waals surface area contributed by atoms with Gasteiger partial charge in [0.25, 0.3) is 0 Å². The predicted molar refractivity (Wildman–Crippen MR) is 105 cm³/mol. The molecule has 2 aliphatic rings. The average Bonchev–Trinajstić information content (AvgIpc) is 2.73. The van der Waals surface area contributed by atoms with Gasteiger partial charge < -0.3 is 19.3 Å². The molecule has 1 saturated heterocycles. The highest BCUT2D eigenvalue weighted by molar-refractivity contribution is 5.87. The molecule has 146 valence electrons. The first-order chi connectivity index (χ1) is 13.6. The number of rotatable bonds is 4. The van der Waals surface area contributed by atoms with E-state index < -0.39 is 0 Å². The number of piperazine rings is 1. The van der Waals surface area contributed by atoms with Crippen LogP contribution >= 0.6 is 0 Å². The van der Waals surface area contributed by atoms with E-state index in [4.69, 9.17) is 9.47 Å². The summed E-state index contributed by atoms with van der Waals surface area (Å²) in [6, 6.07) is 12.0. The van der Waals surface area contributed by atoms with Gasteiger partial charge in [0.05, 0.1) is 13.2 Å². The van der Waals surface area contributed by atoms with Gasteiger partial charge in [0.15, 0.2) is 0 Å². The topological polar surface area (TPSA) is 42.0 Å².